The Morgan fingerprint density at radius 1 is 1.53 bits per heavy atom. The minimum atomic E-state index is -2.94. The smallest absolute Gasteiger partial charge is 0.147 e. The van der Waals surface area contributed by atoms with Crippen LogP contribution in [0.4, 0.5) is 0 Å². The first-order valence-corrected chi connectivity index (χ1v) is 7.52. The number of rotatable bonds is 3. The van der Waals surface area contributed by atoms with Gasteiger partial charge in [0, 0.05) is 6.26 Å². The summed E-state index contributed by atoms with van der Waals surface area (Å²) in [5.41, 5.74) is -0.374. The Morgan fingerprint density at radius 3 is 2.67 bits per heavy atom. The van der Waals surface area contributed by atoms with Crippen molar-refractivity contribution in [3.05, 3.63) is 0 Å². The first-order valence-electron chi connectivity index (χ1n) is 5.46. The van der Waals surface area contributed by atoms with Crippen molar-refractivity contribution in [3.63, 3.8) is 0 Å². The van der Waals surface area contributed by atoms with Crippen LogP contribution in [0.1, 0.15) is 39.0 Å². The van der Waals surface area contributed by atoms with Crippen LogP contribution in [-0.2, 0) is 9.84 Å². The summed E-state index contributed by atoms with van der Waals surface area (Å²) in [5.74, 6) is 0.700. The molecule has 0 spiro atoms. The van der Waals surface area contributed by atoms with Crippen molar-refractivity contribution in [2.45, 2.75) is 39.0 Å². The van der Waals surface area contributed by atoms with E-state index in [9.17, 15) is 13.7 Å². The van der Waals surface area contributed by atoms with E-state index in [1.165, 1.54) is 12.7 Å². The van der Waals surface area contributed by atoms with Crippen molar-refractivity contribution >= 4 is 9.84 Å². The summed E-state index contributed by atoms with van der Waals surface area (Å²) in [6.07, 6.45) is 5.69. The van der Waals surface area contributed by atoms with Crippen LogP contribution in [0.15, 0.2) is 0 Å². The summed E-state index contributed by atoms with van der Waals surface area (Å²) in [7, 11) is -2.94. The topological polar surface area (TPSA) is 57.9 Å². The van der Waals surface area contributed by atoms with Crippen molar-refractivity contribution < 1.29 is 8.42 Å². The molecule has 0 amide bonds. The van der Waals surface area contributed by atoms with E-state index in [-0.39, 0.29) is 11.2 Å². The van der Waals surface area contributed by atoms with Gasteiger partial charge < -0.3 is 0 Å². The number of hydrogen-bond acceptors (Lipinski definition) is 3. The van der Waals surface area contributed by atoms with E-state index in [0.717, 1.165) is 19.3 Å². The molecule has 3 nitrogen and oxygen atoms in total. The molecule has 1 fully saturated rings. The summed E-state index contributed by atoms with van der Waals surface area (Å²) in [6, 6.07) is 2.36. The van der Waals surface area contributed by atoms with Gasteiger partial charge in [0.1, 0.15) is 9.84 Å². The molecule has 86 valence electrons. The Bertz CT molecular complexity index is 355. The molecule has 0 radical (unpaired) electrons. The molecule has 0 bridgehead atoms. The largest absolute Gasteiger partial charge is 0.229 e. The van der Waals surface area contributed by atoms with Gasteiger partial charge in [0.05, 0.1) is 17.2 Å². The van der Waals surface area contributed by atoms with Gasteiger partial charge in [-0.3, -0.25) is 0 Å². The highest BCUT2D eigenvalue weighted by Crippen LogP contribution is 2.41. The normalized spacial score (nSPS) is 32.2. The summed E-state index contributed by atoms with van der Waals surface area (Å²) < 4.78 is 22.2. The van der Waals surface area contributed by atoms with Gasteiger partial charge in [-0.05, 0) is 25.2 Å². The fourth-order valence-corrected chi connectivity index (χ4v) is 3.19. The summed E-state index contributed by atoms with van der Waals surface area (Å²) >= 11 is 0. The van der Waals surface area contributed by atoms with Gasteiger partial charge in [-0.2, -0.15) is 5.26 Å². The molecule has 0 aromatic carbocycles. The van der Waals surface area contributed by atoms with E-state index in [4.69, 9.17) is 0 Å². The molecular formula is C11H19NO2S. The maximum atomic E-state index is 11.1. The van der Waals surface area contributed by atoms with Gasteiger partial charge in [0.2, 0.25) is 0 Å². The molecule has 15 heavy (non-hydrogen) atoms. The number of nitriles is 1. The Hall–Kier alpha value is -0.560. The number of sulfone groups is 1. The highest BCUT2D eigenvalue weighted by atomic mass is 32.2. The second kappa shape index (κ2) is 4.52. The Balaban J connectivity index is 2.65. The lowest BCUT2D eigenvalue weighted by atomic mass is 9.69. The average Bonchev–Trinajstić information content (AvgIpc) is 2.14. The quantitative estimate of drug-likeness (QED) is 0.745. The van der Waals surface area contributed by atoms with Crippen LogP contribution in [0.25, 0.3) is 0 Å². The van der Waals surface area contributed by atoms with E-state index < -0.39 is 9.84 Å². The SMILES string of the molecule is CC1CCCC(C#N)(CCS(C)(=O)=O)C1. The van der Waals surface area contributed by atoms with Crippen LogP contribution in [-0.4, -0.2) is 20.4 Å². The average molecular weight is 229 g/mol. The van der Waals surface area contributed by atoms with E-state index in [1.54, 1.807) is 0 Å². The molecule has 0 saturated heterocycles. The zero-order valence-corrected chi connectivity index (χ0v) is 10.3. The van der Waals surface area contributed by atoms with Crippen LogP contribution in [0.2, 0.25) is 0 Å². The fraction of sp³-hybridized carbons (Fsp3) is 0.909. The second-order valence-electron chi connectivity index (χ2n) is 4.97. The second-order valence-corrected chi connectivity index (χ2v) is 7.23. The standard InChI is InChI=1S/C11H19NO2S/c1-10-4-3-5-11(8-10,9-12)6-7-15(2,13)14/h10H,3-8H2,1-2H3. The fourth-order valence-electron chi connectivity index (χ4n) is 2.43. The predicted molar refractivity (Wildman–Crippen MR) is 60.0 cm³/mol. The van der Waals surface area contributed by atoms with Crippen LogP contribution in [0.5, 0.6) is 0 Å². The zero-order chi connectivity index (χ0) is 11.5. The van der Waals surface area contributed by atoms with Gasteiger partial charge in [-0.25, -0.2) is 8.42 Å². The molecular weight excluding hydrogens is 210 g/mol. The maximum Gasteiger partial charge on any atom is 0.147 e. The van der Waals surface area contributed by atoms with Gasteiger partial charge in [-0.1, -0.05) is 19.8 Å². The molecule has 1 saturated carbocycles. The van der Waals surface area contributed by atoms with Crippen molar-refractivity contribution in [2.24, 2.45) is 11.3 Å². The van der Waals surface area contributed by atoms with Crippen molar-refractivity contribution in [1.29, 1.82) is 5.26 Å². The predicted octanol–water partition coefficient (Wildman–Crippen LogP) is 2.14. The van der Waals surface area contributed by atoms with Crippen molar-refractivity contribution in [2.75, 3.05) is 12.0 Å². The lowest BCUT2D eigenvalue weighted by Crippen LogP contribution is -2.28. The molecule has 1 aliphatic rings. The minimum absolute atomic E-state index is 0.146. The molecule has 2 unspecified atom stereocenters. The lowest BCUT2D eigenvalue weighted by Gasteiger charge is -2.34. The van der Waals surface area contributed by atoms with Gasteiger partial charge >= 0.3 is 0 Å². The highest BCUT2D eigenvalue weighted by molar-refractivity contribution is 7.90. The Morgan fingerprint density at radius 2 is 2.20 bits per heavy atom. The van der Waals surface area contributed by atoms with Crippen LogP contribution in [0.3, 0.4) is 0 Å². The lowest BCUT2D eigenvalue weighted by molar-refractivity contribution is 0.205. The third-order valence-electron chi connectivity index (χ3n) is 3.28. The van der Waals surface area contributed by atoms with E-state index >= 15 is 0 Å². The third-order valence-corrected chi connectivity index (χ3v) is 4.23. The van der Waals surface area contributed by atoms with Crippen LogP contribution in [0, 0.1) is 22.7 Å². The molecule has 1 aliphatic carbocycles. The first kappa shape index (κ1) is 12.5. The Kier molecular flexibility index (Phi) is 3.77. The molecule has 1 rings (SSSR count). The summed E-state index contributed by atoms with van der Waals surface area (Å²) in [5, 5.41) is 9.21. The van der Waals surface area contributed by atoms with Crippen LogP contribution >= 0.6 is 0 Å². The minimum Gasteiger partial charge on any atom is -0.229 e. The van der Waals surface area contributed by atoms with Crippen molar-refractivity contribution in [3.8, 4) is 6.07 Å². The van der Waals surface area contributed by atoms with Gasteiger partial charge in [0.25, 0.3) is 0 Å². The molecule has 0 aliphatic heterocycles. The molecule has 4 heteroatoms. The molecule has 0 N–H and O–H groups in total. The first-order chi connectivity index (χ1) is 6.87. The molecule has 0 aromatic rings. The van der Waals surface area contributed by atoms with Gasteiger partial charge in [0.15, 0.2) is 0 Å². The molecule has 0 heterocycles. The molecule has 2 atom stereocenters. The van der Waals surface area contributed by atoms with Gasteiger partial charge in [-0.15, -0.1) is 0 Å². The number of hydrogen-bond donors (Lipinski definition) is 0. The van der Waals surface area contributed by atoms with E-state index in [2.05, 4.69) is 13.0 Å². The monoisotopic (exact) mass is 229 g/mol. The zero-order valence-electron chi connectivity index (χ0n) is 9.49. The van der Waals surface area contributed by atoms with E-state index in [0.29, 0.717) is 12.3 Å². The van der Waals surface area contributed by atoms with Crippen LogP contribution < -0.4 is 0 Å². The third kappa shape index (κ3) is 3.83. The highest BCUT2D eigenvalue weighted by Gasteiger charge is 2.35. The van der Waals surface area contributed by atoms with E-state index in [1.807, 2.05) is 0 Å². The summed E-state index contributed by atoms with van der Waals surface area (Å²) in [4.78, 5) is 0. The molecule has 0 aromatic heterocycles. The maximum absolute atomic E-state index is 11.1. The van der Waals surface area contributed by atoms with Crippen molar-refractivity contribution in [1.82, 2.24) is 0 Å². The Labute approximate surface area is 92.4 Å². The summed E-state index contributed by atoms with van der Waals surface area (Å²) in [6.45, 7) is 2.14. The number of nitrogens with zero attached hydrogens (tertiary/aromatic N) is 1.